The third kappa shape index (κ3) is 3.93. The first-order valence-corrected chi connectivity index (χ1v) is 6.54. The summed E-state index contributed by atoms with van der Waals surface area (Å²) in [6.45, 7) is 4.98. The molecule has 0 aliphatic carbocycles. The third-order valence-electron chi connectivity index (χ3n) is 2.53. The van der Waals surface area contributed by atoms with Gasteiger partial charge in [-0.15, -0.1) is 0 Å². The number of hydrogen-bond donors (Lipinski definition) is 4. The molecule has 2 aromatic heterocycles. The number of hydrogen-bond acceptors (Lipinski definition) is 6. The first kappa shape index (κ1) is 16.2. The molecule has 2 aromatic rings. The van der Waals surface area contributed by atoms with Gasteiger partial charge in [0.2, 0.25) is 0 Å². The van der Waals surface area contributed by atoms with Crippen LogP contribution in [0.15, 0.2) is 12.5 Å². The Morgan fingerprint density at radius 1 is 1.26 bits per heavy atom. The Hall–Kier alpha value is -3.17. The molecule has 2 rings (SSSR count). The Kier molecular flexibility index (Phi) is 4.16. The largest absolute Gasteiger partial charge is 0.476 e. The molecule has 23 heavy (non-hydrogen) atoms. The van der Waals surface area contributed by atoms with Gasteiger partial charge in [0, 0.05) is 6.20 Å². The van der Waals surface area contributed by atoms with E-state index in [0.717, 1.165) is 6.33 Å². The van der Waals surface area contributed by atoms with Gasteiger partial charge in [-0.2, -0.15) is 0 Å². The van der Waals surface area contributed by atoms with Crippen LogP contribution >= 0.6 is 0 Å². The fourth-order valence-electron chi connectivity index (χ4n) is 1.75. The maximum Gasteiger partial charge on any atom is 0.415 e. The predicted molar refractivity (Wildman–Crippen MR) is 79.2 cm³/mol. The SMILES string of the molecule is CC(C)(C)OC(=O)NC(=O)Nc1c[nH]c2c(C(=O)O)ncnc12. The lowest BCUT2D eigenvalue weighted by atomic mass is 10.2. The average Bonchev–Trinajstić information content (AvgIpc) is 2.79. The number of amides is 3. The Bertz CT molecular complexity index is 777. The molecule has 10 heteroatoms. The summed E-state index contributed by atoms with van der Waals surface area (Å²) in [7, 11) is 0. The van der Waals surface area contributed by atoms with Crippen LogP contribution in [0, 0.1) is 0 Å². The Morgan fingerprint density at radius 3 is 2.57 bits per heavy atom. The number of rotatable bonds is 2. The molecule has 0 spiro atoms. The van der Waals surface area contributed by atoms with Gasteiger partial charge in [-0.1, -0.05) is 0 Å². The van der Waals surface area contributed by atoms with Crippen LogP contribution in [0.2, 0.25) is 0 Å². The zero-order valence-electron chi connectivity index (χ0n) is 12.6. The lowest BCUT2D eigenvalue weighted by molar-refractivity contribution is 0.0550. The monoisotopic (exact) mass is 321 g/mol. The average molecular weight is 321 g/mol. The quantitative estimate of drug-likeness (QED) is 0.658. The highest BCUT2D eigenvalue weighted by Crippen LogP contribution is 2.22. The van der Waals surface area contributed by atoms with E-state index < -0.39 is 23.7 Å². The van der Waals surface area contributed by atoms with Gasteiger partial charge in [0.15, 0.2) is 5.69 Å². The highest BCUT2D eigenvalue weighted by atomic mass is 16.6. The van der Waals surface area contributed by atoms with Crippen LogP contribution in [0.4, 0.5) is 15.3 Å². The van der Waals surface area contributed by atoms with E-state index in [1.807, 2.05) is 5.32 Å². The summed E-state index contributed by atoms with van der Waals surface area (Å²) < 4.78 is 4.94. The van der Waals surface area contributed by atoms with Crippen molar-refractivity contribution in [3.63, 3.8) is 0 Å². The number of carboxylic acid groups (broad SMARTS) is 1. The molecule has 0 aromatic carbocycles. The van der Waals surface area contributed by atoms with Gasteiger partial charge in [0.1, 0.15) is 23.0 Å². The number of carbonyl (C=O) groups is 3. The summed E-state index contributed by atoms with van der Waals surface area (Å²) in [5.41, 5.74) is -0.403. The van der Waals surface area contributed by atoms with E-state index in [0.29, 0.717) is 0 Å². The van der Waals surface area contributed by atoms with Crippen molar-refractivity contribution in [1.29, 1.82) is 0 Å². The smallest absolute Gasteiger partial charge is 0.415 e. The summed E-state index contributed by atoms with van der Waals surface area (Å²) in [5.74, 6) is -1.23. The number of ether oxygens (including phenoxy) is 1. The number of anilines is 1. The number of alkyl carbamates (subject to hydrolysis) is 1. The second kappa shape index (κ2) is 5.91. The van der Waals surface area contributed by atoms with Crippen molar-refractivity contribution in [2.24, 2.45) is 0 Å². The summed E-state index contributed by atoms with van der Waals surface area (Å²) in [4.78, 5) is 44.6. The summed E-state index contributed by atoms with van der Waals surface area (Å²) in [6, 6.07) is -0.837. The van der Waals surface area contributed by atoms with Gasteiger partial charge < -0.3 is 20.1 Å². The zero-order chi connectivity index (χ0) is 17.2. The van der Waals surface area contributed by atoms with Crippen LogP contribution in [0.1, 0.15) is 31.3 Å². The highest BCUT2D eigenvalue weighted by molar-refractivity contribution is 6.07. The number of nitrogens with zero attached hydrogens (tertiary/aromatic N) is 2. The highest BCUT2D eigenvalue weighted by Gasteiger charge is 2.20. The fraction of sp³-hybridized carbons (Fsp3) is 0.308. The molecule has 0 saturated carbocycles. The maximum atomic E-state index is 11.8. The second-order valence-electron chi connectivity index (χ2n) is 5.53. The van der Waals surface area contributed by atoms with Gasteiger partial charge in [-0.25, -0.2) is 29.7 Å². The molecule has 0 fully saturated rings. The number of urea groups is 1. The van der Waals surface area contributed by atoms with Crippen LogP contribution < -0.4 is 10.6 Å². The lowest BCUT2D eigenvalue weighted by Crippen LogP contribution is -2.38. The van der Waals surface area contributed by atoms with E-state index in [1.165, 1.54) is 6.20 Å². The van der Waals surface area contributed by atoms with E-state index in [4.69, 9.17) is 9.84 Å². The minimum absolute atomic E-state index is 0.160. The molecule has 4 N–H and O–H groups in total. The van der Waals surface area contributed by atoms with Gasteiger partial charge in [0.05, 0.1) is 5.69 Å². The van der Waals surface area contributed by atoms with Crippen molar-refractivity contribution >= 4 is 34.8 Å². The Labute approximate surface area is 130 Å². The van der Waals surface area contributed by atoms with Gasteiger partial charge in [-0.05, 0) is 20.8 Å². The fourth-order valence-corrected chi connectivity index (χ4v) is 1.75. The van der Waals surface area contributed by atoms with Crippen LogP contribution in [0.3, 0.4) is 0 Å². The Morgan fingerprint density at radius 2 is 1.96 bits per heavy atom. The molecule has 2 heterocycles. The van der Waals surface area contributed by atoms with Crippen molar-refractivity contribution in [2.75, 3.05) is 5.32 Å². The summed E-state index contributed by atoms with van der Waals surface area (Å²) >= 11 is 0. The van der Waals surface area contributed by atoms with Gasteiger partial charge in [-0.3, -0.25) is 0 Å². The van der Waals surface area contributed by atoms with Crippen molar-refractivity contribution in [1.82, 2.24) is 20.3 Å². The third-order valence-corrected chi connectivity index (χ3v) is 2.53. The number of carbonyl (C=O) groups excluding carboxylic acids is 2. The Balaban J connectivity index is 2.13. The van der Waals surface area contributed by atoms with Crippen LogP contribution in [-0.4, -0.2) is 43.8 Å². The van der Waals surface area contributed by atoms with Gasteiger partial charge in [0.25, 0.3) is 0 Å². The standard InChI is InChI=1S/C13H15N5O5/c1-13(2,3)23-12(22)18-11(21)17-6-4-14-8-7(6)15-5-16-9(8)10(19)20/h4-5,14H,1-3H3,(H,19,20)(H2,17,18,21,22). The van der Waals surface area contributed by atoms with Crippen LogP contribution in [0.5, 0.6) is 0 Å². The minimum Gasteiger partial charge on any atom is -0.476 e. The lowest BCUT2D eigenvalue weighted by Gasteiger charge is -2.19. The number of carboxylic acids is 1. The van der Waals surface area contributed by atoms with Gasteiger partial charge >= 0.3 is 18.1 Å². The van der Waals surface area contributed by atoms with Crippen molar-refractivity contribution in [2.45, 2.75) is 26.4 Å². The molecular formula is C13H15N5O5. The van der Waals surface area contributed by atoms with E-state index in [-0.39, 0.29) is 22.4 Å². The molecule has 122 valence electrons. The minimum atomic E-state index is -1.23. The maximum absolute atomic E-state index is 11.8. The van der Waals surface area contributed by atoms with Crippen molar-refractivity contribution < 1.29 is 24.2 Å². The molecule has 0 aliphatic rings. The van der Waals surface area contributed by atoms with E-state index in [1.54, 1.807) is 20.8 Å². The molecule has 0 unspecified atom stereocenters. The summed E-state index contributed by atoms with van der Waals surface area (Å²) in [5, 5.41) is 13.4. The molecule has 3 amide bonds. The van der Waals surface area contributed by atoms with Crippen LogP contribution in [0.25, 0.3) is 11.0 Å². The van der Waals surface area contributed by atoms with Crippen molar-refractivity contribution in [3.05, 3.63) is 18.2 Å². The number of H-pyrrole nitrogens is 1. The van der Waals surface area contributed by atoms with E-state index >= 15 is 0 Å². The molecule has 0 atom stereocenters. The molecule has 10 nitrogen and oxygen atoms in total. The molecule has 0 bridgehead atoms. The number of aromatic amines is 1. The predicted octanol–water partition coefficient (Wildman–Crippen LogP) is 1.71. The second-order valence-corrected chi connectivity index (χ2v) is 5.53. The number of aromatic carboxylic acids is 1. The number of imide groups is 1. The van der Waals surface area contributed by atoms with E-state index in [2.05, 4.69) is 20.3 Å². The normalized spacial score (nSPS) is 11.1. The number of fused-ring (bicyclic) bond motifs is 1. The number of aromatic nitrogens is 3. The molecule has 0 aliphatic heterocycles. The summed E-state index contributed by atoms with van der Waals surface area (Å²) in [6.07, 6.45) is 1.51. The first-order valence-electron chi connectivity index (χ1n) is 6.54. The number of nitrogens with one attached hydrogen (secondary N) is 3. The van der Waals surface area contributed by atoms with E-state index in [9.17, 15) is 14.4 Å². The topological polar surface area (TPSA) is 146 Å². The molecule has 0 saturated heterocycles. The van der Waals surface area contributed by atoms with Crippen molar-refractivity contribution in [3.8, 4) is 0 Å². The first-order chi connectivity index (χ1) is 10.7. The molecular weight excluding hydrogens is 306 g/mol. The molecule has 0 radical (unpaired) electrons. The van der Waals surface area contributed by atoms with Crippen LogP contribution in [-0.2, 0) is 4.74 Å². The zero-order valence-corrected chi connectivity index (χ0v) is 12.6.